The third kappa shape index (κ3) is 3.40. The lowest BCUT2D eigenvalue weighted by molar-refractivity contribution is 0.392. The molecule has 0 aliphatic rings. The van der Waals surface area contributed by atoms with E-state index in [1.807, 2.05) is 6.07 Å². The largest absolute Gasteiger partial charge is 0.497 e. The van der Waals surface area contributed by atoms with Gasteiger partial charge in [0, 0.05) is 22.1 Å². The summed E-state index contributed by atoms with van der Waals surface area (Å²) in [6, 6.07) is 11.7. The van der Waals surface area contributed by atoms with Crippen LogP contribution < -0.4 is 14.2 Å². The van der Waals surface area contributed by atoms with Crippen LogP contribution in [0, 0.1) is 0 Å². The first-order chi connectivity index (χ1) is 12.0. The summed E-state index contributed by atoms with van der Waals surface area (Å²) in [4.78, 5) is 4.27. The minimum absolute atomic E-state index is 0.0126. The average molecular weight is 423 g/mol. The van der Waals surface area contributed by atoms with E-state index in [0.29, 0.717) is 17.0 Å². The van der Waals surface area contributed by atoms with E-state index in [-0.39, 0.29) is 10.6 Å². The molecule has 8 heteroatoms. The van der Waals surface area contributed by atoms with Gasteiger partial charge in [0.2, 0.25) is 0 Å². The van der Waals surface area contributed by atoms with E-state index in [4.69, 9.17) is 9.47 Å². The molecule has 1 heterocycles. The standard InChI is InChI=1S/C17H15BrN2O4S/c1-23-11-5-8-15(24-2)16(10-11)25(21,22)20-14-7-6-13(18)12-4-3-9-19-17(12)14/h3-10,20H,1-2H3. The lowest BCUT2D eigenvalue weighted by atomic mass is 10.2. The lowest BCUT2D eigenvalue weighted by Gasteiger charge is -2.14. The van der Waals surface area contributed by atoms with Crippen molar-refractivity contribution in [2.45, 2.75) is 4.90 Å². The van der Waals surface area contributed by atoms with Crippen LogP contribution in [0.5, 0.6) is 11.5 Å². The van der Waals surface area contributed by atoms with Gasteiger partial charge in [-0.25, -0.2) is 8.42 Å². The van der Waals surface area contributed by atoms with Crippen LogP contribution in [-0.4, -0.2) is 27.6 Å². The number of pyridine rings is 1. The van der Waals surface area contributed by atoms with Gasteiger partial charge in [-0.05, 0) is 30.3 Å². The smallest absolute Gasteiger partial charge is 0.265 e. The Morgan fingerprint density at radius 3 is 2.60 bits per heavy atom. The molecule has 0 bridgehead atoms. The summed E-state index contributed by atoms with van der Waals surface area (Å²) < 4.78 is 39.5. The normalized spacial score (nSPS) is 11.3. The predicted molar refractivity (Wildman–Crippen MR) is 99.8 cm³/mol. The molecular formula is C17H15BrN2O4S. The summed E-state index contributed by atoms with van der Waals surface area (Å²) >= 11 is 3.44. The number of benzene rings is 2. The summed E-state index contributed by atoms with van der Waals surface area (Å²) in [7, 11) is -1.02. The summed E-state index contributed by atoms with van der Waals surface area (Å²) in [5.74, 6) is 0.641. The van der Waals surface area contributed by atoms with Gasteiger partial charge in [0.05, 0.1) is 25.4 Å². The first kappa shape index (κ1) is 17.5. The zero-order chi connectivity index (χ0) is 18.0. The lowest BCUT2D eigenvalue weighted by Crippen LogP contribution is -2.14. The minimum Gasteiger partial charge on any atom is -0.497 e. The Labute approximate surface area is 154 Å². The maximum atomic E-state index is 12.9. The van der Waals surface area contributed by atoms with Crippen molar-refractivity contribution < 1.29 is 17.9 Å². The molecule has 1 aromatic heterocycles. The molecular weight excluding hydrogens is 408 g/mol. The number of anilines is 1. The Kier molecular flexibility index (Phi) is 4.82. The third-order valence-electron chi connectivity index (χ3n) is 3.62. The highest BCUT2D eigenvalue weighted by Crippen LogP contribution is 2.33. The molecule has 0 fully saturated rings. The number of fused-ring (bicyclic) bond motifs is 1. The summed E-state index contributed by atoms with van der Waals surface area (Å²) in [5.41, 5.74) is 0.922. The number of hydrogen-bond acceptors (Lipinski definition) is 5. The van der Waals surface area contributed by atoms with E-state index < -0.39 is 10.0 Å². The molecule has 0 aliphatic carbocycles. The predicted octanol–water partition coefficient (Wildman–Crippen LogP) is 3.82. The Bertz CT molecular complexity index is 1040. The number of nitrogens with one attached hydrogen (secondary N) is 1. The van der Waals surface area contributed by atoms with Crippen LogP contribution in [0.3, 0.4) is 0 Å². The van der Waals surface area contributed by atoms with Crippen molar-refractivity contribution in [1.29, 1.82) is 0 Å². The number of methoxy groups -OCH3 is 2. The van der Waals surface area contributed by atoms with Gasteiger partial charge in [-0.2, -0.15) is 0 Å². The van der Waals surface area contributed by atoms with Gasteiger partial charge in [-0.15, -0.1) is 0 Å². The van der Waals surface area contributed by atoms with Gasteiger partial charge in [0.25, 0.3) is 10.0 Å². The quantitative estimate of drug-likeness (QED) is 0.675. The van der Waals surface area contributed by atoms with Gasteiger partial charge in [-0.1, -0.05) is 22.0 Å². The van der Waals surface area contributed by atoms with E-state index in [1.54, 1.807) is 36.5 Å². The minimum atomic E-state index is -3.90. The van der Waals surface area contributed by atoms with Crippen molar-refractivity contribution in [2.75, 3.05) is 18.9 Å². The molecule has 0 saturated carbocycles. The zero-order valence-corrected chi connectivity index (χ0v) is 15.9. The van der Waals surface area contributed by atoms with Gasteiger partial charge >= 0.3 is 0 Å². The number of rotatable bonds is 5. The fourth-order valence-electron chi connectivity index (χ4n) is 2.41. The fraction of sp³-hybridized carbons (Fsp3) is 0.118. The number of ether oxygens (including phenoxy) is 2. The van der Waals surface area contributed by atoms with Crippen molar-refractivity contribution >= 4 is 42.5 Å². The highest BCUT2D eigenvalue weighted by molar-refractivity contribution is 9.10. The second-order valence-electron chi connectivity index (χ2n) is 5.12. The van der Waals surface area contributed by atoms with Crippen LogP contribution in [0.15, 0.2) is 58.0 Å². The molecule has 0 atom stereocenters. The fourth-order valence-corrected chi connectivity index (χ4v) is 4.12. The Morgan fingerprint density at radius 2 is 1.88 bits per heavy atom. The van der Waals surface area contributed by atoms with Gasteiger partial charge in [0.1, 0.15) is 16.4 Å². The Balaban J connectivity index is 2.11. The molecule has 0 unspecified atom stereocenters. The molecule has 25 heavy (non-hydrogen) atoms. The molecule has 0 aliphatic heterocycles. The van der Waals surface area contributed by atoms with Crippen molar-refractivity contribution in [1.82, 2.24) is 4.98 Å². The molecule has 3 aromatic rings. The summed E-state index contributed by atoms with van der Waals surface area (Å²) in [5, 5.41) is 0.806. The SMILES string of the molecule is COc1ccc(OC)c(S(=O)(=O)Nc2ccc(Br)c3cccnc23)c1. The second-order valence-corrected chi connectivity index (χ2v) is 7.62. The molecule has 3 rings (SSSR count). The summed E-state index contributed by atoms with van der Waals surface area (Å²) in [6.45, 7) is 0. The first-order valence-electron chi connectivity index (χ1n) is 7.24. The number of halogens is 1. The van der Waals surface area contributed by atoms with Crippen LogP contribution in [0.2, 0.25) is 0 Å². The van der Waals surface area contributed by atoms with Crippen molar-refractivity contribution in [3.63, 3.8) is 0 Å². The number of hydrogen-bond donors (Lipinski definition) is 1. The number of nitrogens with zero attached hydrogens (tertiary/aromatic N) is 1. The molecule has 0 amide bonds. The molecule has 1 N–H and O–H groups in total. The summed E-state index contributed by atoms with van der Waals surface area (Å²) in [6.07, 6.45) is 1.61. The van der Waals surface area contributed by atoms with Crippen molar-refractivity contribution in [3.05, 3.63) is 53.1 Å². The zero-order valence-electron chi connectivity index (χ0n) is 13.5. The van der Waals surface area contributed by atoms with Crippen LogP contribution in [0.4, 0.5) is 5.69 Å². The van der Waals surface area contributed by atoms with E-state index in [1.165, 1.54) is 20.3 Å². The van der Waals surface area contributed by atoms with Crippen molar-refractivity contribution in [2.24, 2.45) is 0 Å². The Morgan fingerprint density at radius 1 is 1.08 bits per heavy atom. The van der Waals surface area contributed by atoms with Crippen LogP contribution in [0.25, 0.3) is 10.9 Å². The number of aromatic nitrogens is 1. The topological polar surface area (TPSA) is 77.5 Å². The molecule has 0 radical (unpaired) electrons. The molecule has 2 aromatic carbocycles. The first-order valence-corrected chi connectivity index (χ1v) is 9.52. The van der Waals surface area contributed by atoms with Gasteiger partial charge in [0.15, 0.2) is 0 Å². The molecule has 0 spiro atoms. The van der Waals surface area contributed by atoms with E-state index in [0.717, 1.165) is 9.86 Å². The maximum Gasteiger partial charge on any atom is 0.265 e. The van der Waals surface area contributed by atoms with Crippen LogP contribution in [-0.2, 0) is 10.0 Å². The molecule has 130 valence electrons. The van der Waals surface area contributed by atoms with Crippen LogP contribution >= 0.6 is 15.9 Å². The Hall–Kier alpha value is -2.32. The highest BCUT2D eigenvalue weighted by Gasteiger charge is 2.22. The van der Waals surface area contributed by atoms with Crippen LogP contribution in [0.1, 0.15) is 0 Å². The van der Waals surface area contributed by atoms with Gasteiger partial charge < -0.3 is 9.47 Å². The van der Waals surface area contributed by atoms with E-state index >= 15 is 0 Å². The average Bonchev–Trinajstić information content (AvgIpc) is 2.63. The maximum absolute atomic E-state index is 12.9. The highest BCUT2D eigenvalue weighted by atomic mass is 79.9. The molecule has 0 saturated heterocycles. The van der Waals surface area contributed by atoms with E-state index in [9.17, 15) is 8.42 Å². The van der Waals surface area contributed by atoms with E-state index in [2.05, 4.69) is 25.6 Å². The van der Waals surface area contributed by atoms with Gasteiger partial charge in [-0.3, -0.25) is 9.71 Å². The molecule has 6 nitrogen and oxygen atoms in total. The second kappa shape index (κ2) is 6.89. The number of sulfonamides is 1. The third-order valence-corrected chi connectivity index (χ3v) is 5.70. The monoisotopic (exact) mass is 422 g/mol. The van der Waals surface area contributed by atoms with Crippen molar-refractivity contribution in [3.8, 4) is 11.5 Å².